The summed E-state index contributed by atoms with van der Waals surface area (Å²) in [7, 11) is 8.33. The van der Waals surface area contributed by atoms with E-state index in [9.17, 15) is 0 Å². The number of nitrogens with zero attached hydrogens (tertiary/aromatic N) is 4. The fourth-order valence-electron chi connectivity index (χ4n) is 3.01. The van der Waals surface area contributed by atoms with Crippen molar-refractivity contribution in [2.24, 2.45) is 28.2 Å². The van der Waals surface area contributed by atoms with Crippen LogP contribution in [0.3, 0.4) is 0 Å². The van der Waals surface area contributed by atoms with E-state index < -0.39 is 7.92 Å². The Kier molecular flexibility index (Phi) is 3.81. The Balaban J connectivity index is 2.67. The zero-order chi connectivity index (χ0) is 15.4. The van der Waals surface area contributed by atoms with E-state index in [1.54, 1.807) is 0 Å². The highest BCUT2D eigenvalue weighted by atomic mass is 31.1. The smallest absolute Gasteiger partial charge is 0.230 e. The van der Waals surface area contributed by atoms with Gasteiger partial charge in [-0.1, -0.05) is 0 Å². The van der Waals surface area contributed by atoms with E-state index >= 15 is 0 Å². The summed E-state index contributed by atoms with van der Waals surface area (Å²) >= 11 is 0. The second-order valence-electron chi connectivity index (χ2n) is 5.74. The predicted molar refractivity (Wildman–Crippen MR) is 84.2 cm³/mol. The number of aromatic nitrogens is 4. The van der Waals surface area contributed by atoms with Crippen molar-refractivity contribution in [1.29, 1.82) is 0 Å². The van der Waals surface area contributed by atoms with Gasteiger partial charge in [-0.25, -0.2) is 18.3 Å². The van der Waals surface area contributed by atoms with Crippen LogP contribution in [0.2, 0.25) is 0 Å². The molecule has 20 heavy (non-hydrogen) atoms. The molecular formula is C15H27N4P+2. The van der Waals surface area contributed by atoms with Crippen LogP contribution in [0.5, 0.6) is 0 Å². The highest BCUT2D eigenvalue weighted by Crippen LogP contribution is 2.27. The van der Waals surface area contributed by atoms with Crippen LogP contribution in [-0.4, -0.2) is 15.8 Å². The van der Waals surface area contributed by atoms with Crippen molar-refractivity contribution in [3.63, 3.8) is 0 Å². The van der Waals surface area contributed by atoms with Crippen LogP contribution in [0.15, 0.2) is 0 Å². The molecule has 0 saturated heterocycles. The molecule has 0 aliphatic carbocycles. The van der Waals surface area contributed by atoms with Crippen molar-refractivity contribution in [2.75, 3.05) is 6.66 Å². The summed E-state index contributed by atoms with van der Waals surface area (Å²) in [6.45, 7) is 11.2. The first-order chi connectivity index (χ1) is 9.20. The van der Waals surface area contributed by atoms with Gasteiger partial charge in [0.05, 0.1) is 28.2 Å². The summed E-state index contributed by atoms with van der Waals surface area (Å²) in [5.74, 6) is 0. The third kappa shape index (κ3) is 1.93. The Bertz CT molecular complexity index is 570. The zero-order valence-corrected chi connectivity index (χ0v) is 15.1. The molecule has 0 fully saturated rings. The third-order valence-electron chi connectivity index (χ3n) is 4.86. The molecule has 5 heteroatoms. The van der Waals surface area contributed by atoms with Crippen molar-refractivity contribution in [1.82, 2.24) is 9.13 Å². The van der Waals surface area contributed by atoms with Gasteiger partial charge in [-0.05, 0) is 6.66 Å². The molecule has 0 bridgehead atoms. The van der Waals surface area contributed by atoms with Crippen LogP contribution < -0.4 is 20.3 Å². The van der Waals surface area contributed by atoms with Crippen molar-refractivity contribution in [3.05, 3.63) is 22.8 Å². The SMILES string of the molecule is Cc1c(C)[n+](C)c(P(C)c2n(C)c(C)c(C)[n+]2C)n1C. The Hall–Kier alpha value is -1.15. The van der Waals surface area contributed by atoms with Gasteiger partial charge >= 0.3 is 0 Å². The Morgan fingerprint density at radius 2 is 1.05 bits per heavy atom. The van der Waals surface area contributed by atoms with E-state index in [0.29, 0.717) is 0 Å². The van der Waals surface area contributed by atoms with Gasteiger partial charge < -0.3 is 0 Å². The number of rotatable bonds is 2. The molecule has 4 nitrogen and oxygen atoms in total. The maximum Gasteiger partial charge on any atom is 0.288 e. The van der Waals surface area contributed by atoms with Crippen molar-refractivity contribution < 1.29 is 9.13 Å². The lowest BCUT2D eigenvalue weighted by Crippen LogP contribution is -2.53. The van der Waals surface area contributed by atoms with E-state index in [0.717, 1.165) is 0 Å². The standard InChI is InChI=1S/C15H27N4P/c1-10-11(2)17(6)14(16(10)5)20(9)15-18(7)12(3)13(4)19(15)8/h1-9H3/q+2. The average molecular weight is 294 g/mol. The number of hydrogen-bond acceptors (Lipinski definition) is 0. The summed E-state index contributed by atoms with van der Waals surface area (Å²) in [6, 6.07) is 0. The van der Waals surface area contributed by atoms with Gasteiger partial charge in [-0.15, -0.1) is 0 Å². The molecular weight excluding hydrogens is 267 g/mol. The summed E-state index contributed by atoms with van der Waals surface area (Å²) in [5.41, 5.74) is 8.21. The van der Waals surface area contributed by atoms with Crippen LogP contribution in [0.25, 0.3) is 0 Å². The topological polar surface area (TPSA) is 17.6 Å². The summed E-state index contributed by atoms with van der Waals surface area (Å²) in [6.07, 6.45) is 0. The molecule has 2 rings (SSSR count). The van der Waals surface area contributed by atoms with Gasteiger partial charge in [-0.3, -0.25) is 0 Å². The maximum atomic E-state index is 2.36. The summed E-state index contributed by atoms with van der Waals surface area (Å²) in [4.78, 5) is 0. The Morgan fingerprint density at radius 3 is 1.25 bits per heavy atom. The lowest BCUT2D eigenvalue weighted by molar-refractivity contribution is -0.662. The van der Waals surface area contributed by atoms with Crippen LogP contribution >= 0.6 is 7.92 Å². The first-order valence-corrected chi connectivity index (χ1v) is 8.76. The van der Waals surface area contributed by atoms with Gasteiger partial charge in [0.1, 0.15) is 30.7 Å². The molecule has 0 N–H and O–H groups in total. The molecule has 0 radical (unpaired) electrons. The summed E-state index contributed by atoms with van der Waals surface area (Å²) < 4.78 is 9.38. The van der Waals surface area contributed by atoms with Gasteiger partial charge in [0.2, 0.25) is 0 Å². The minimum absolute atomic E-state index is 0.393. The highest BCUT2D eigenvalue weighted by molar-refractivity contribution is 7.70. The fraction of sp³-hybridized carbons (Fsp3) is 0.600. The molecule has 0 aliphatic rings. The van der Waals surface area contributed by atoms with Crippen LogP contribution in [-0.2, 0) is 28.2 Å². The average Bonchev–Trinajstić information content (AvgIpc) is 2.71. The van der Waals surface area contributed by atoms with Gasteiger partial charge in [-0.2, -0.15) is 0 Å². The summed E-state index contributed by atoms with van der Waals surface area (Å²) in [5, 5.41) is 0. The minimum Gasteiger partial charge on any atom is -0.230 e. The number of imidazole rings is 2. The van der Waals surface area contributed by atoms with E-state index in [1.165, 1.54) is 33.9 Å². The van der Waals surface area contributed by atoms with Crippen LogP contribution in [0.1, 0.15) is 22.8 Å². The molecule has 0 amide bonds. The minimum atomic E-state index is -0.393. The lowest BCUT2D eigenvalue weighted by atomic mass is 10.4. The first-order valence-electron chi connectivity index (χ1n) is 6.97. The molecule has 0 atom stereocenters. The molecule has 0 aliphatic heterocycles. The second-order valence-corrected chi connectivity index (χ2v) is 7.65. The van der Waals surface area contributed by atoms with Gasteiger partial charge in [0, 0.05) is 27.7 Å². The van der Waals surface area contributed by atoms with E-state index in [2.05, 4.69) is 80.8 Å². The number of hydrogen-bond donors (Lipinski definition) is 0. The highest BCUT2D eigenvalue weighted by Gasteiger charge is 2.35. The Morgan fingerprint density at radius 1 is 0.750 bits per heavy atom. The zero-order valence-electron chi connectivity index (χ0n) is 14.2. The first kappa shape index (κ1) is 15.2. The molecule has 110 valence electrons. The molecule has 2 heterocycles. The second kappa shape index (κ2) is 5.00. The van der Waals surface area contributed by atoms with Crippen molar-refractivity contribution in [3.8, 4) is 0 Å². The van der Waals surface area contributed by atoms with Gasteiger partial charge in [0.25, 0.3) is 11.1 Å². The predicted octanol–water partition coefficient (Wildman–Crippen LogP) is 0.309. The van der Waals surface area contributed by atoms with Crippen LogP contribution in [0, 0.1) is 27.7 Å². The monoisotopic (exact) mass is 294 g/mol. The molecule has 0 unspecified atom stereocenters. The molecule has 2 aromatic rings. The van der Waals surface area contributed by atoms with Gasteiger partial charge in [0.15, 0.2) is 0 Å². The molecule has 2 aromatic heterocycles. The van der Waals surface area contributed by atoms with Crippen molar-refractivity contribution in [2.45, 2.75) is 27.7 Å². The molecule has 0 aromatic carbocycles. The third-order valence-corrected chi connectivity index (χ3v) is 7.26. The quantitative estimate of drug-likeness (QED) is 0.560. The van der Waals surface area contributed by atoms with E-state index in [1.807, 2.05) is 0 Å². The normalized spacial score (nSPS) is 11.7. The largest absolute Gasteiger partial charge is 0.288 e. The van der Waals surface area contributed by atoms with Crippen molar-refractivity contribution >= 4 is 19.1 Å². The van der Waals surface area contributed by atoms with E-state index in [-0.39, 0.29) is 0 Å². The van der Waals surface area contributed by atoms with E-state index in [4.69, 9.17) is 0 Å². The Labute approximate surface area is 123 Å². The molecule has 0 spiro atoms. The maximum absolute atomic E-state index is 2.36. The molecule has 0 saturated carbocycles. The lowest BCUT2D eigenvalue weighted by Gasteiger charge is -2.07. The van der Waals surface area contributed by atoms with Crippen LogP contribution in [0.4, 0.5) is 0 Å². The fourth-order valence-corrected chi connectivity index (χ4v) is 5.59.